The van der Waals surface area contributed by atoms with Gasteiger partial charge in [0.2, 0.25) is 5.91 Å². The summed E-state index contributed by atoms with van der Waals surface area (Å²) in [6, 6.07) is 13.3. The summed E-state index contributed by atoms with van der Waals surface area (Å²) in [7, 11) is 0. The molecule has 0 fully saturated rings. The highest BCUT2D eigenvalue weighted by molar-refractivity contribution is 5.90. The van der Waals surface area contributed by atoms with Crippen molar-refractivity contribution in [3.8, 4) is 0 Å². The molecular weight excluding hydrogens is 214 g/mol. The summed E-state index contributed by atoms with van der Waals surface area (Å²) in [5.74, 6) is 1.74. The van der Waals surface area contributed by atoms with Crippen molar-refractivity contribution >= 4 is 11.6 Å². The van der Waals surface area contributed by atoms with E-state index in [2.05, 4.69) is 5.32 Å². The highest BCUT2D eigenvalue weighted by Gasteiger charge is 2.05. The zero-order valence-electron chi connectivity index (χ0n) is 9.77. The van der Waals surface area contributed by atoms with Crippen LogP contribution in [0.5, 0.6) is 0 Å². The molecule has 0 radical (unpaired) electrons. The summed E-state index contributed by atoms with van der Waals surface area (Å²) in [6.45, 7) is 1.90. The molecule has 88 valence electrons. The lowest BCUT2D eigenvalue weighted by Gasteiger charge is -2.03. The number of amides is 1. The van der Waals surface area contributed by atoms with Crippen molar-refractivity contribution in [2.45, 2.75) is 19.8 Å². The third kappa shape index (κ3) is 3.48. The van der Waals surface area contributed by atoms with Gasteiger partial charge >= 0.3 is 0 Å². The summed E-state index contributed by atoms with van der Waals surface area (Å²) in [4.78, 5) is 11.6. The highest BCUT2D eigenvalue weighted by Crippen LogP contribution is 2.10. The molecule has 1 heterocycles. The normalized spacial score (nSPS) is 10.2. The van der Waals surface area contributed by atoms with Crippen molar-refractivity contribution in [3.63, 3.8) is 0 Å². The Morgan fingerprint density at radius 3 is 2.59 bits per heavy atom. The van der Waals surface area contributed by atoms with Crippen LogP contribution in [-0.4, -0.2) is 5.91 Å². The lowest BCUT2D eigenvalue weighted by Crippen LogP contribution is -2.11. The minimum atomic E-state index is 0.00486. The fourth-order valence-corrected chi connectivity index (χ4v) is 1.60. The van der Waals surface area contributed by atoms with Crippen molar-refractivity contribution in [1.29, 1.82) is 0 Å². The Kier molecular flexibility index (Phi) is 3.60. The zero-order valence-corrected chi connectivity index (χ0v) is 9.77. The Morgan fingerprint density at radius 2 is 1.94 bits per heavy atom. The van der Waals surface area contributed by atoms with Crippen LogP contribution in [0.4, 0.5) is 5.69 Å². The number of furan rings is 1. The number of rotatable bonds is 4. The smallest absolute Gasteiger partial charge is 0.224 e. The second-order valence-corrected chi connectivity index (χ2v) is 3.93. The first-order valence-corrected chi connectivity index (χ1v) is 5.64. The van der Waals surface area contributed by atoms with Crippen LogP contribution >= 0.6 is 0 Å². The molecule has 1 N–H and O–H groups in total. The van der Waals surface area contributed by atoms with Gasteiger partial charge in [-0.25, -0.2) is 0 Å². The lowest BCUT2D eigenvalue weighted by molar-refractivity contribution is -0.116. The van der Waals surface area contributed by atoms with Gasteiger partial charge in [-0.3, -0.25) is 4.79 Å². The van der Waals surface area contributed by atoms with E-state index < -0.39 is 0 Å². The van der Waals surface area contributed by atoms with E-state index in [9.17, 15) is 4.79 Å². The minimum absolute atomic E-state index is 0.00486. The number of carbonyl (C=O) groups is 1. The maximum absolute atomic E-state index is 11.6. The summed E-state index contributed by atoms with van der Waals surface area (Å²) < 4.78 is 5.40. The summed E-state index contributed by atoms with van der Waals surface area (Å²) >= 11 is 0. The van der Waals surface area contributed by atoms with Gasteiger partial charge < -0.3 is 9.73 Å². The Hall–Kier alpha value is -2.03. The molecule has 0 saturated carbocycles. The number of hydrogen-bond donors (Lipinski definition) is 1. The molecule has 0 aliphatic rings. The van der Waals surface area contributed by atoms with Gasteiger partial charge in [0.05, 0.1) is 0 Å². The average molecular weight is 229 g/mol. The van der Waals surface area contributed by atoms with Crippen molar-refractivity contribution < 1.29 is 9.21 Å². The van der Waals surface area contributed by atoms with Crippen molar-refractivity contribution in [2.24, 2.45) is 0 Å². The van der Waals surface area contributed by atoms with Crippen molar-refractivity contribution in [3.05, 3.63) is 54.0 Å². The van der Waals surface area contributed by atoms with Crippen LogP contribution in [0.1, 0.15) is 17.9 Å². The molecule has 0 saturated heterocycles. The van der Waals surface area contributed by atoms with E-state index in [1.807, 2.05) is 49.4 Å². The van der Waals surface area contributed by atoms with Crippen LogP contribution in [0.15, 0.2) is 46.9 Å². The fourth-order valence-electron chi connectivity index (χ4n) is 1.60. The largest absolute Gasteiger partial charge is 0.466 e. The van der Waals surface area contributed by atoms with E-state index in [4.69, 9.17) is 4.42 Å². The fraction of sp³-hybridized carbons (Fsp3) is 0.214. The first-order chi connectivity index (χ1) is 8.24. The molecule has 17 heavy (non-hydrogen) atoms. The van der Waals surface area contributed by atoms with Crippen LogP contribution in [0, 0.1) is 6.92 Å². The van der Waals surface area contributed by atoms with Crippen LogP contribution in [0.25, 0.3) is 0 Å². The van der Waals surface area contributed by atoms with E-state index in [0.29, 0.717) is 12.8 Å². The molecular formula is C14H15NO2. The first kappa shape index (κ1) is 11.5. The van der Waals surface area contributed by atoms with Gasteiger partial charge in [0.1, 0.15) is 11.5 Å². The van der Waals surface area contributed by atoms with E-state index in [-0.39, 0.29) is 5.91 Å². The van der Waals surface area contributed by atoms with Crippen LogP contribution in [0.2, 0.25) is 0 Å². The second kappa shape index (κ2) is 5.34. The predicted molar refractivity (Wildman–Crippen MR) is 66.8 cm³/mol. The van der Waals surface area contributed by atoms with Crippen LogP contribution < -0.4 is 5.32 Å². The number of anilines is 1. The predicted octanol–water partition coefficient (Wildman–Crippen LogP) is 3.16. The minimum Gasteiger partial charge on any atom is -0.466 e. The number of carbonyl (C=O) groups excluding carboxylic acids is 1. The summed E-state index contributed by atoms with van der Waals surface area (Å²) in [5, 5.41) is 2.84. The molecule has 0 unspecified atom stereocenters. The number of para-hydroxylation sites is 1. The molecule has 2 aromatic rings. The molecule has 3 nitrogen and oxygen atoms in total. The molecule has 0 atom stereocenters. The molecule has 1 aromatic heterocycles. The second-order valence-electron chi connectivity index (χ2n) is 3.93. The number of hydrogen-bond acceptors (Lipinski definition) is 2. The van der Waals surface area contributed by atoms with Gasteiger partial charge in [0.25, 0.3) is 0 Å². The number of aryl methyl sites for hydroxylation is 2. The molecule has 0 spiro atoms. The van der Waals surface area contributed by atoms with E-state index >= 15 is 0 Å². The zero-order chi connectivity index (χ0) is 12.1. The quantitative estimate of drug-likeness (QED) is 0.875. The van der Waals surface area contributed by atoms with Gasteiger partial charge in [0.15, 0.2) is 0 Å². The van der Waals surface area contributed by atoms with Gasteiger partial charge in [-0.2, -0.15) is 0 Å². The van der Waals surface area contributed by atoms with E-state index in [0.717, 1.165) is 17.2 Å². The van der Waals surface area contributed by atoms with Gasteiger partial charge in [-0.1, -0.05) is 18.2 Å². The maximum Gasteiger partial charge on any atom is 0.224 e. The highest BCUT2D eigenvalue weighted by atomic mass is 16.3. The molecule has 3 heteroatoms. The van der Waals surface area contributed by atoms with Crippen molar-refractivity contribution in [1.82, 2.24) is 0 Å². The maximum atomic E-state index is 11.6. The molecule has 0 bridgehead atoms. The molecule has 1 amide bonds. The standard InChI is InChI=1S/C14H15NO2/c1-11-7-8-13(17-11)9-10-14(16)15-12-5-3-2-4-6-12/h2-8H,9-10H2,1H3,(H,15,16). The number of benzene rings is 1. The Balaban J connectivity index is 1.82. The van der Waals surface area contributed by atoms with Gasteiger partial charge in [-0.15, -0.1) is 0 Å². The average Bonchev–Trinajstić information content (AvgIpc) is 2.74. The molecule has 1 aromatic carbocycles. The van der Waals surface area contributed by atoms with E-state index in [1.54, 1.807) is 0 Å². The third-order valence-corrected chi connectivity index (χ3v) is 2.45. The van der Waals surface area contributed by atoms with Crippen molar-refractivity contribution in [2.75, 3.05) is 5.32 Å². The van der Waals surface area contributed by atoms with Gasteiger partial charge in [-0.05, 0) is 31.2 Å². The van der Waals surface area contributed by atoms with Gasteiger partial charge in [0, 0.05) is 18.5 Å². The lowest BCUT2D eigenvalue weighted by atomic mass is 10.2. The number of nitrogens with one attached hydrogen (secondary N) is 1. The molecule has 0 aliphatic carbocycles. The summed E-state index contributed by atoms with van der Waals surface area (Å²) in [5.41, 5.74) is 0.827. The van der Waals surface area contributed by atoms with Crippen LogP contribution in [-0.2, 0) is 11.2 Å². The molecule has 0 aliphatic heterocycles. The first-order valence-electron chi connectivity index (χ1n) is 5.64. The summed E-state index contributed by atoms with van der Waals surface area (Å²) in [6.07, 6.45) is 1.06. The Bertz CT molecular complexity index is 488. The topological polar surface area (TPSA) is 42.2 Å². The SMILES string of the molecule is Cc1ccc(CCC(=O)Nc2ccccc2)o1. The Labute approximate surface area is 100 Å². The Morgan fingerprint density at radius 1 is 1.18 bits per heavy atom. The van der Waals surface area contributed by atoms with Crippen LogP contribution in [0.3, 0.4) is 0 Å². The molecule has 2 rings (SSSR count). The monoisotopic (exact) mass is 229 g/mol. The van der Waals surface area contributed by atoms with E-state index in [1.165, 1.54) is 0 Å². The third-order valence-electron chi connectivity index (χ3n) is 2.45.